The number of esters is 1. The summed E-state index contributed by atoms with van der Waals surface area (Å²) in [6.07, 6.45) is 1.87. The third kappa shape index (κ3) is 0.960. The fraction of sp³-hybridized carbons (Fsp3) is 0.900. The molecule has 0 N–H and O–H groups in total. The average molecular weight is 186 g/mol. The number of rotatable bonds is 2. The van der Waals surface area contributed by atoms with Crippen LogP contribution in [0.2, 0.25) is 0 Å². The zero-order chi connectivity index (χ0) is 9.64. The average Bonchev–Trinajstić information content (AvgIpc) is 2.07. The van der Waals surface area contributed by atoms with Crippen molar-refractivity contribution in [3.8, 4) is 0 Å². The van der Waals surface area contributed by atoms with E-state index in [1.54, 1.807) is 6.92 Å². The molecule has 3 heteroatoms. The van der Waals surface area contributed by atoms with Gasteiger partial charge in [-0.25, -0.2) is 4.39 Å². The van der Waals surface area contributed by atoms with Crippen LogP contribution < -0.4 is 0 Å². The smallest absolute Gasteiger partial charge is 0.308 e. The zero-order valence-corrected chi connectivity index (χ0v) is 8.05. The van der Waals surface area contributed by atoms with Crippen LogP contribution in [0.3, 0.4) is 0 Å². The van der Waals surface area contributed by atoms with Gasteiger partial charge in [0.1, 0.15) is 6.17 Å². The van der Waals surface area contributed by atoms with Gasteiger partial charge in [0.15, 0.2) is 0 Å². The molecule has 0 heterocycles. The molecule has 0 spiro atoms. The lowest BCUT2D eigenvalue weighted by atomic mass is 9.41. The Hall–Kier alpha value is -0.600. The summed E-state index contributed by atoms with van der Waals surface area (Å²) in [6, 6.07) is 0. The molecule has 2 nitrogen and oxygen atoms in total. The van der Waals surface area contributed by atoms with Crippen LogP contribution in [0.4, 0.5) is 4.39 Å². The van der Waals surface area contributed by atoms with Crippen molar-refractivity contribution < 1.29 is 13.9 Å². The summed E-state index contributed by atoms with van der Waals surface area (Å²) in [5, 5.41) is 0. The molecule has 0 bridgehead atoms. The predicted octanol–water partition coefficient (Wildman–Crippen LogP) is 1.93. The normalized spacial score (nSPS) is 43.9. The summed E-state index contributed by atoms with van der Waals surface area (Å²) >= 11 is 0. The van der Waals surface area contributed by atoms with Crippen molar-refractivity contribution in [2.24, 2.45) is 17.3 Å². The van der Waals surface area contributed by atoms with E-state index in [0.717, 1.165) is 12.8 Å². The van der Waals surface area contributed by atoms with E-state index in [9.17, 15) is 9.18 Å². The minimum atomic E-state index is -0.771. The highest BCUT2D eigenvalue weighted by Crippen LogP contribution is 2.66. The van der Waals surface area contributed by atoms with Crippen molar-refractivity contribution in [1.82, 2.24) is 0 Å². The van der Waals surface area contributed by atoms with Gasteiger partial charge in [-0.15, -0.1) is 0 Å². The summed E-state index contributed by atoms with van der Waals surface area (Å²) in [4.78, 5) is 11.2. The minimum absolute atomic E-state index is 0.0167. The number of methoxy groups -OCH3 is 1. The quantitative estimate of drug-likeness (QED) is 0.616. The van der Waals surface area contributed by atoms with E-state index < -0.39 is 6.17 Å². The van der Waals surface area contributed by atoms with Crippen molar-refractivity contribution in [3.05, 3.63) is 0 Å². The van der Waals surface area contributed by atoms with E-state index in [1.165, 1.54) is 7.11 Å². The molecule has 0 aliphatic heterocycles. The van der Waals surface area contributed by atoms with Gasteiger partial charge < -0.3 is 4.74 Å². The summed E-state index contributed by atoms with van der Waals surface area (Å²) in [5.41, 5.74) is -0.154. The van der Waals surface area contributed by atoms with Crippen molar-refractivity contribution in [1.29, 1.82) is 0 Å². The number of fused-ring (bicyclic) bond motifs is 1. The Kier molecular flexibility index (Phi) is 1.86. The highest BCUT2D eigenvalue weighted by molar-refractivity contribution is 5.74. The number of hydrogen-bond donors (Lipinski definition) is 0. The summed E-state index contributed by atoms with van der Waals surface area (Å²) in [6.45, 7) is 1.61. The van der Waals surface area contributed by atoms with Crippen LogP contribution in [0.5, 0.6) is 0 Å². The van der Waals surface area contributed by atoms with Gasteiger partial charge in [0.25, 0.3) is 0 Å². The van der Waals surface area contributed by atoms with Gasteiger partial charge in [0.05, 0.1) is 13.0 Å². The number of halogens is 1. The van der Waals surface area contributed by atoms with E-state index in [4.69, 9.17) is 0 Å². The third-order valence-corrected chi connectivity index (χ3v) is 4.04. The molecule has 0 amide bonds. The first kappa shape index (κ1) is 8.97. The number of ether oxygens (including phenoxy) is 1. The van der Waals surface area contributed by atoms with Gasteiger partial charge in [-0.1, -0.05) is 0 Å². The van der Waals surface area contributed by atoms with Crippen LogP contribution in [0.1, 0.15) is 26.2 Å². The Morgan fingerprint density at radius 3 is 2.69 bits per heavy atom. The fourth-order valence-corrected chi connectivity index (χ4v) is 2.98. The molecule has 4 atom stereocenters. The Labute approximate surface area is 77.5 Å². The second-order valence-electron chi connectivity index (χ2n) is 4.33. The van der Waals surface area contributed by atoms with Gasteiger partial charge in [0.2, 0.25) is 0 Å². The van der Waals surface area contributed by atoms with E-state index in [0.29, 0.717) is 6.42 Å². The summed E-state index contributed by atoms with van der Waals surface area (Å²) < 4.78 is 17.9. The summed E-state index contributed by atoms with van der Waals surface area (Å²) in [5.74, 6) is 0.0953. The molecule has 0 aromatic rings. The summed E-state index contributed by atoms with van der Waals surface area (Å²) in [7, 11) is 1.40. The second-order valence-corrected chi connectivity index (χ2v) is 4.33. The second kappa shape index (κ2) is 2.69. The molecule has 2 saturated carbocycles. The van der Waals surface area contributed by atoms with E-state index in [2.05, 4.69) is 4.74 Å². The van der Waals surface area contributed by atoms with E-state index in [-0.39, 0.29) is 23.2 Å². The maximum absolute atomic E-state index is 13.2. The number of alkyl halides is 1. The van der Waals surface area contributed by atoms with Crippen LogP contribution in [0, 0.1) is 17.3 Å². The van der Waals surface area contributed by atoms with E-state index >= 15 is 0 Å². The molecular formula is C10H15FO2. The highest BCUT2D eigenvalue weighted by Gasteiger charge is 2.65. The lowest BCUT2D eigenvalue weighted by Crippen LogP contribution is -2.61. The van der Waals surface area contributed by atoms with Crippen molar-refractivity contribution in [2.75, 3.05) is 7.11 Å². The topological polar surface area (TPSA) is 26.3 Å². The first-order valence-electron chi connectivity index (χ1n) is 4.84. The molecule has 74 valence electrons. The molecule has 2 rings (SSSR count). The SMILES string of the molecule is COC(=O)C1CC2(C(C)F)CCC12. The van der Waals surface area contributed by atoms with Gasteiger partial charge in [-0.3, -0.25) is 4.79 Å². The molecule has 4 unspecified atom stereocenters. The maximum atomic E-state index is 13.2. The third-order valence-electron chi connectivity index (χ3n) is 4.04. The lowest BCUT2D eigenvalue weighted by Gasteiger charge is -2.63. The molecule has 2 fully saturated rings. The maximum Gasteiger partial charge on any atom is 0.308 e. The molecule has 13 heavy (non-hydrogen) atoms. The van der Waals surface area contributed by atoms with Gasteiger partial charge in [-0.2, -0.15) is 0 Å². The molecule has 2 aliphatic carbocycles. The monoisotopic (exact) mass is 186 g/mol. The Balaban J connectivity index is 2.01. The predicted molar refractivity (Wildman–Crippen MR) is 45.9 cm³/mol. The minimum Gasteiger partial charge on any atom is -0.469 e. The number of carbonyl (C=O) groups is 1. The molecule has 0 saturated heterocycles. The Morgan fingerprint density at radius 2 is 2.38 bits per heavy atom. The van der Waals surface area contributed by atoms with Gasteiger partial charge in [-0.05, 0) is 32.1 Å². The molecule has 0 aromatic carbocycles. The standard InChI is InChI=1S/C10H15FO2/c1-6(11)10-4-3-8(10)7(5-10)9(12)13-2/h6-8H,3-5H2,1-2H3. The fourth-order valence-electron chi connectivity index (χ4n) is 2.98. The van der Waals surface area contributed by atoms with Crippen molar-refractivity contribution in [3.63, 3.8) is 0 Å². The molecule has 0 aromatic heterocycles. The van der Waals surface area contributed by atoms with Crippen LogP contribution in [0.15, 0.2) is 0 Å². The van der Waals surface area contributed by atoms with Crippen LogP contribution in [0.25, 0.3) is 0 Å². The van der Waals surface area contributed by atoms with Crippen molar-refractivity contribution >= 4 is 5.97 Å². The Morgan fingerprint density at radius 1 is 1.69 bits per heavy atom. The molecule has 2 aliphatic rings. The molecule has 0 radical (unpaired) electrons. The van der Waals surface area contributed by atoms with Crippen molar-refractivity contribution in [2.45, 2.75) is 32.4 Å². The number of hydrogen-bond acceptors (Lipinski definition) is 2. The van der Waals surface area contributed by atoms with Crippen LogP contribution in [-0.2, 0) is 9.53 Å². The Bertz CT molecular complexity index is 239. The first-order chi connectivity index (χ1) is 6.12. The number of carbonyl (C=O) groups excluding carboxylic acids is 1. The van der Waals surface area contributed by atoms with Crippen LogP contribution >= 0.6 is 0 Å². The largest absolute Gasteiger partial charge is 0.469 e. The van der Waals surface area contributed by atoms with Gasteiger partial charge in [0, 0.05) is 5.41 Å². The lowest BCUT2D eigenvalue weighted by molar-refractivity contribution is -0.198. The van der Waals surface area contributed by atoms with Gasteiger partial charge >= 0.3 is 5.97 Å². The van der Waals surface area contributed by atoms with Crippen LogP contribution in [-0.4, -0.2) is 19.3 Å². The zero-order valence-electron chi connectivity index (χ0n) is 8.05. The van der Waals surface area contributed by atoms with E-state index in [1.807, 2.05) is 0 Å². The first-order valence-corrected chi connectivity index (χ1v) is 4.84. The molecular weight excluding hydrogens is 171 g/mol. The highest BCUT2D eigenvalue weighted by atomic mass is 19.1.